The molecule has 8 nitrogen and oxygen atoms in total. The average molecular weight is 474 g/mol. The minimum Gasteiger partial charge on any atom is -0.493 e. The fraction of sp³-hybridized carbons (Fsp3) is 0.261. The van der Waals surface area contributed by atoms with Crippen molar-refractivity contribution in [2.45, 2.75) is 6.42 Å². The van der Waals surface area contributed by atoms with Crippen LogP contribution in [0, 0.1) is 5.82 Å². The molecule has 2 N–H and O–H groups in total. The number of ether oxygens (including phenoxy) is 3. The molecule has 0 aliphatic carbocycles. The zero-order chi connectivity index (χ0) is 23.8. The Morgan fingerprint density at radius 1 is 1.09 bits per heavy atom. The van der Waals surface area contributed by atoms with Crippen molar-refractivity contribution >= 4 is 38.9 Å². The lowest BCUT2D eigenvalue weighted by atomic mass is 10.1. The van der Waals surface area contributed by atoms with E-state index in [1.54, 1.807) is 36.8 Å². The number of hydrogen-bond donors (Lipinski definition) is 2. The second kappa shape index (κ2) is 11.4. The molecule has 0 aliphatic rings. The first kappa shape index (κ1) is 24.1. The van der Waals surface area contributed by atoms with Gasteiger partial charge < -0.3 is 19.5 Å². The molecule has 1 aromatic heterocycles. The van der Waals surface area contributed by atoms with Crippen molar-refractivity contribution in [1.29, 1.82) is 0 Å². The Kier molecular flexibility index (Phi) is 8.34. The fourth-order valence-electron chi connectivity index (χ4n) is 3.10. The smallest absolute Gasteiger partial charge is 0.259 e. The maximum absolute atomic E-state index is 14.1. The summed E-state index contributed by atoms with van der Waals surface area (Å²) in [7, 11) is 4.53. The van der Waals surface area contributed by atoms with E-state index in [4.69, 9.17) is 14.2 Å². The van der Waals surface area contributed by atoms with Crippen LogP contribution in [-0.2, 0) is 9.53 Å². The number of hydrazone groups is 1. The molecule has 0 saturated heterocycles. The second-order valence-corrected chi connectivity index (χ2v) is 7.73. The summed E-state index contributed by atoms with van der Waals surface area (Å²) in [5.41, 5.74) is 4.04. The van der Waals surface area contributed by atoms with Gasteiger partial charge in [0.05, 0.1) is 37.8 Å². The monoisotopic (exact) mass is 473 g/mol. The Bertz CT molecular complexity index is 1180. The van der Waals surface area contributed by atoms with Gasteiger partial charge in [0.15, 0.2) is 11.5 Å². The molecule has 174 valence electrons. The Labute approximate surface area is 194 Å². The van der Waals surface area contributed by atoms with E-state index in [2.05, 4.69) is 15.8 Å². The first-order valence-corrected chi connectivity index (χ1v) is 10.9. The third-order valence-electron chi connectivity index (χ3n) is 4.78. The van der Waals surface area contributed by atoms with Crippen molar-refractivity contribution in [3.05, 3.63) is 58.7 Å². The zero-order valence-corrected chi connectivity index (χ0v) is 19.3. The van der Waals surface area contributed by atoms with E-state index >= 15 is 0 Å². The maximum atomic E-state index is 14.1. The molecule has 0 spiro atoms. The van der Waals surface area contributed by atoms with Crippen LogP contribution in [0.15, 0.2) is 46.9 Å². The Hall–Kier alpha value is -3.50. The number of carbonyl (C=O) groups is 2. The zero-order valence-electron chi connectivity index (χ0n) is 18.4. The predicted molar refractivity (Wildman–Crippen MR) is 125 cm³/mol. The van der Waals surface area contributed by atoms with Gasteiger partial charge in [0.25, 0.3) is 11.8 Å². The molecule has 0 bridgehead atoms. The second-order valence-electron chi connectivity index (χ2n) is 6.85. The van der Waals surface area contributed by atoms with Gasteiger partial charge in [-0.1, -0.05) is 12.1 Å². The number of rotatable bonds is 10. The molecule has 33 heavy (non-hydrogen) atoms. The number of nitrogens with zero attached hydrogens (tertiary/aromatic N) is 1. The largest absolute Gasteiger partial charge is 0.493 e. The van der Waals surface area contributed by atoms with Crippen LogP contribution in [0.25, 0.3) is 10.1 Å². The van der Waals surface area contributed by atoms with Crippen molar-refractivity contribution in [1.82, 2.24) is 10.7 Å². The number of methoxy groups -OCH3 is 3. The minimum atomic E-state index is -0.510. The van der Waals surface area contributed by atoms with Crippen molar-refractivity contribution < 1.29 is 28.2 Å². The van der Waals surface area contributed by atoms with E-state index in [1.807, 2.05) is 0 Å². The van der Waals surface area contributed by atoms with Gasteiger partial charge in [-0.2, -0.15) is 5.10 Å². The van der Waals surface area contributed by atoms with Gasteiger partial charge in [0, 0.05) is 35.4 Å². The van der Waals surface area contributed by atoms with Crippen LogP contribution < -0.4 is 20.2 Å². The van der Waals surface area contributed by atoms with Crippen LogP contribution in [0.5, 0.6) is 11.5 Å². The standard InChI is InChI=1S/C23H24FN3O5S/c1-30-10-9-18(16-13-33-22-15(16)5-4-6-17(22)24)26-27-21(28)12-25-23(29)14-7-8-19(31-2)20(11-14)32-3/h4-8,11,13H,9-10,12H2,1-3H3,(H,25,29)(H,27,28)/b26-18+. The summed E-state index contributed by atoms with van der Waals surface area (Å²) in [6.07, 6.45) is 0.414. The number of benzene rings is 2. The molecule has 3 aromatic rings. The Balaban J connectivity index is 1.67. The molecule has 0 radical (unpaired) electrons. The summed E-state index contributed by atoms with van der Waals surface area (Å²) < 4.78 is 30.1. The van der Waals surface area contributed by atoms with Gasteiger partial charge in [-0.15, -0.1) is 11.3 Å². The number of fused-ring (bicyclic) bond motifs is 1. The van der Waals surface area contributed by atoms with E-state index in [9.17, 15) is 14.0 Å². The summed E-state index contributed by atoms with van der Waals surface area (Å²) in [4.78, 5) is 24.7. The van der Waals surface area contributed by atoms with Crippen LogP contribution in [0.3, 0.4) is 0 Å². The molecule has 3 rings (SSSR count). The molecule has 2 amide bonds. The topological polar surface area (TPSA) is 98.2 Å². The number of hydrogen-bond acceptors (Lipinski definition) is 7. The number of amides is 2. The van der Waals surface area contributed by atoms with Gasteiger partial charge in [-0.3, -0.25) is 9.59 Å². The Morgan fingerprint density at radius 3 is 2.61 bits per heavy atom. The first-order chi connectivity index (χ1) is 16.0. The maximum Gasteiger partial charge on any atom is 0.259 e. The van der Waals surface area contributed by atoms with Crippen molar-refractivity contribution in [3.63, 3.8) is 0 Å². The summed E-state index contributed by atoms with van der Waals surface area (Å²) in [5.74, 6) is -0.373. The predicted octanol–water partition coefficient (Wildman–Crippen LogP) is 3.34. The number of nitrogens with one attached hydrogen (secondary N) is 2. The highest BCUT2D eigenvalue weighted by Crippen LogP contribution is 2.29. The van der Waals surface area contributed by atoms with Crippen LogP contribution in [0.4, 0.5) is 4.39 Å². The molecular formula is C23H24FN3O5S. The molecule has 0 fully saturated rings. The minimum absolute atomic E-state index is 0.284. The SMILES string of the molecule is COCC/C(=N\NC(=O)CNC(=O)c1ccc(OC)c(OC)c1)c1csc2c(F)cccc12. The molecule has 0 saturated carbocycles. The van der Waals surface area contributed by atoms with E-state index in [0.717, 1.165) is 5.56 Å². The van der Waals surface area contributed by atoms with Crippen molar-refractivity contribution in [2.24, 2.45) is 5.10 Å². The molecule has 0 aliphatic heterocycles. The number of halogens is 1. The van der Waals surface area contributed by atoms with Crippen LogP contribution >= 0.6 is 11.3 Å². The molecular weight excluding hydrogens is 449 g/mol. The highest BCUT2D eigenvalue weighted by atomic mass is 32.1. The van der Waals surface area contributed by atoms with Gasteiger partial charge in [-0.05, 0) is 24.3 Å². The summed E-state index contributed by atoms with van der Waals surface area (Å²) in [6.45, 7) is 0.0879. The molecule has 2 aromatic carbocycles. The highest BCUT2D eigenvalue weighted by Gasteiger charge is 2.15. The third kappa shape index (κ3) is 5.85. The van der Waals surface area contributed by atoms with Crippen LogP contribution in [-0.4, -0.2) is 52.0 Å². The molecule has 0 unspecified atom stereocenters. The highest BCUT2D eigenvalue weighted by molar-refractivity contribution is 7.17. The number of carbonyl (C=O) groups excluding carboxylic acids is 2. The number of thiophene rings is 1. The van der Waals surface area contributed by atoms with E-state index in [-0.39, 0.29) is 12.4 Å². The van der Waals surface area contributed by atoms with Crippen LogP contribution in [0.2, 0.25) is 0 Å². The van der Waals surface area contributed by atoms with E-state index in [1.165, 1.54) is 37.7 Å². The van der Waals surface area contributed by atoms with Gasteiger partial charge in [-0.25, -0.2) is 9.82 Å². The lowest BCUT2D eigenvalue weighted by Crippen LogP contribution is -2.35. The van der Waals surface area contributed by atoms with Crippen molar-refractivity contribution in [3.8, 4) is 11.5 Å². The molecule has 10 heteroatoms. The molecule has 1 heterocycles. The van der Waals surface area contributed by atoms with E-state index < -0.39 is 11.8 Å². The lowest BCUT2D eigenvalue weighted by Gasteiger charge is -2.10. The lowest BCUT2D eigenvalue weighted by molar-refractivity contribution is -0.120. The van der Waals surface area contributed by atoms with E-state index in [0.29, 0.717) is 45.9 Å². The first-order valence-electron chi connectivity index (χ1n) is 9.99. The average Bonchev–Trinajstić information content (AvgIpc) is 3.27. The van der Waals surface area contributed by atoms with Gasteiger partial charge in [0.2, 0.25) is 0 Å². The summed E-state index contributed by atoms with van der Waals surface area (Å²) in [6, 6.07) is 9.53. The summed E-state index contributed by atoms with van der Waals surface area (Å²) >= 11 is 1.27. The Morgan fingerprint density at radius 2 is 1.88 bits per heavy atom. The van der Waals surface area contributed by atoms with Crippen LogP contribution in [0.1, 0.15) is 22.3 Å². The summed E-state index contributed by atoms with van der Waals surface area (Å²) in [5, 5.41) is 9.27. The normalized spacial score (nSPS) is 11.3. The molecule has 0 atom stereocenters. The third-order valence-corrected chi connectivity index (χ3v) is 5.78. The fourth-order valence-corrected chi connectivity index (χ4v) is 4.09. The quantitative estimate of drug-likeness (QED) is 0.348. The van der Waals surface area contributed by atoms with Gasteiger partial charge >= 0.3 is 0 Å². The van der Waals surface area contributed by atoms with Crippen molar-refractivity contribution in [2.75, 3.05) is 34.5 Å². The van der Waals surface area contributed by atoms with Gasteiger partial charge in [0.1, 0.15) is 5.82 Å².